The van der Waals surface area contributed by atoms with Gasteiger partial charge in [-0.05, 0) is 104 Å². The largest absolute Gasteiger partial charge is 0.507 e. The lowest BCUT2D eigenvalue weighted by Gasteiger charge is -2.40. The van der Waals surface area contributed by atoms with E-state index in [0.717, 1.165) is 61.4 Å². The molecule has 0 aliphatic carbocycles. The van der Waals surface area contributed by atoms with Crippen molar-refractivity contribution < 1.29 is 5.11 Å². The van der Waals surface area contributed by atoms with Crippen LogP contribution in [0.3, 0.4) is 0 Å². The molecule has 8 rings (SSSR count). The summed E-state index contributed by atoms with van der Waals surface area (Å²) < 4.78 is 2.24. The van der Waals surface area contributed by atoms with Crippen molar-refractivity contribution in [3.05, 3.63) is 169 Å². The molecular formula is C53H51N3O. The summed E-state index contributed by atoms with van der Waals surface area (Å²) in [7, 11) is 0. The summed E-state index contributed by atoms with van der Waals surface area (Å²) in [6.07, 6.45) is 1.90. The van der Waals surface area contributed by atoms with Gasteiger partial charge in [0.2, 0.25) is 0 Å². The van der Waals surface area contributed by atoms with E-state index in [1.165, 1.54) is 11.1 Å². The highest BCUT2D eigenvalue weighted by Gasteiger charge is 2.35. The second-order valence-electron chi connectivity index (χ2n) is 17.8. The molecule has 1 N–H and O–H groups in total. The number of phenolic OH excluding ortho intramolecular Hbond substituents is 1. The first-order valence-electron chi connectivity index (χ1n) is 19.9. The molecule has 0 unspecified atom stereocenters. The van der Waals surface area contributed by atoms with Crippen LogP contribution in [0.5, 0.6) is 5.75 Å². The standard InChI is InChI=1S/C53H51N3O/c1-51(2,3)41-31-38(30-39(32-41)45-33-37(28-29-54-45)35-18-11-9-12-19-35)42-23-17-24-47-49(42)55-50(43-22-15-16-25-48(43)57)56(47)46-27-26-40(53(7,8)52(4,5)6)34-44(46)36-20-13-10-14-21-36/h9-34,57H,1-8H3. The van der Waals surface area contributed by atoms with Crippen molar-refractivity contribution in [1.29, 1.82) is 0 Å². The topological polar surface area (TPSA) is 50.9 Å². The van der Waals surface area contributed by atoms with Crippen LogP contribution in [0.15, 0.2) is 158 Å². The summed E-state index contributed by atoms with van der Waals surface area (Å²) in [5.41, 5.74) is 14.3. The van der Waals surface area contributed by atoms with Crippen LogP contribution in [0.25, 0.3) is 72.7 Å². The van der Waals surface area contributed by atoms with Crippen molar-refractivity contribution in [1.82, 2.24) is 14.5 Å². The van der Waals surface area contributed by atoms with Gasteiger partial charge in [-0.15, -0.1) is 0 Å². The van der Waals surface area contributed by atoms with E-state index in [-0.39, 0.29) is 22.0 Å². The Hall–Kier alpha value is -6.26. The van der Waals surface area contributed by atoms with E-state index in [1.54, 1.807) is 6.07 Å². The SMILES string of the molecule is CC(C)(C)c1cc(-c2cc(-c3ccccc3)ccn2)cc(-c2cccc3c2nc(-c2ccccc2O)n3-c2ccc(C(C)(C)C(C)(C)C)cc2-c2ccccc2)c1. The summed E-state index contributed by atoms with van der Waals surface area (Å²) in [6.45, 7) is 18.3. The summed E-state index contributed by atoms with van der Waals surface area (Å²) >= 11 is 0. The molecule has 0 bridgehead atoms. The highest BCUT2D eigenvalue weighted by Crippen LogP contribution is 2.45. The third kappa shape index (κ3) is 7.06. The molecule has 0 saturated heterocycles. The van der Waals surface area contributed by atoms with E-state index in [4.69, 9.17) is 9.97 Å². The minimum Gasteiger partial charge on any atom is -0.507 e. The number of aromatic nitrogens is 3. The average molecular weight is 746 g/mol. The maximum Gasteiger partial charge on any atom is 0.149 e. The molecule has 6 aromatic carbocycles. The highest BCUT2D eigenvalue weighted by atomic mass is 16.3. The zero-order valence-electron chi connectivity index (χ0n) is 34.3. The van der Waals surface area contributed by atoms with Gasteiger partial charge in [-0.3, -0.25) is 9.55 Å². The third-order valence-electron chi connectivity index (χ3n) is 12.0. The number of pyridine rings is 1. The van der Waals surface area contributed by atoms with Crippen molar-refractivity contribution >= 4 is 11.0 Å². The number of para-hydroxylation sites is 2. The van der Waals surface area contributed by atoms with Crippen LogP contribution in [0.1, 0.15) is 66.5 Å². The molecule has 284 valence electrons. The quantitative estimate of drug-likeness (QED) is 0.177. The monoisotopic (exact) mass is 745 g/mol. The maximum absolute atomic E-state index is 11.4. The van der Waals surface area contributed by atoms with Crippen LogP contribution >= 0.6 is 0 Å². The van der Waals surface area contributed by atoms with Crippen LogP contribution in [-0.4, -0.2) is 19.6 Å². The van der Waals surface area contributed by atoms with Crippen LogP contribution in [0, 0.1) is 5.41 Å². The first-order valence-corrected chi connectivity index (χ1v) is 19.9. The van der Waals surface area contributed by atoms with Gasteiger partial charge in [0.15, 0.2) is 0 Å². The Morgan fingerprint density at radius 3 is 1.82 bits per heavy atom. The van der Waals surface area contributed by atoms with E-state index in [2.05, 4.69) is 181 Å². The average Bonchev–Trinajstić information content (AvgIpc) is 3.60. The molecule has 0 aliphatic heterocycles. The van der Waals surface area contributed by atoms with Gasteiger partial charge in [-0.25, -0.2) is 4.98 Å². The van der Waals surface area contributed by atoms with Gasteiger partial charge in [0.05, 0.1) is 28.0 Å². The Morgan fingerprint density at radius 2 is 1.14 bits per heavy atom. The highest BCUT2D eigenvalue weighted by molar-refractivity contribution is 5.97. The Kier molecular flexibility index (Phi) is 9.48. The van der Waals surface area contributed by atoms with Crippen molar-refractivity contribution in [3.8, 4) is 67.5 Å². The number of nitrogens with zero attached hydrogens (tertiary/aromatic N) is 3. The number of phenols is 1. The van der Waals surface area contributed by atoms with Crippen LogP contribution in [-0.2, 0) is 10.8 Å². The Bertz CT molecular complexity index is 2730. The predicted octanol–water partition coefficient (Wildman–Crippen LogP) is 14.1. The van der Waals surface area contributed by atoms with E-state index < -0.39 is 0 Å². The molecule has 0 atom stereocenters. The van der Waals surface area contributed by atoms with Gasteiger partial charge in [-0.2, -0.15) is 0 Å². The number of imidazole rings is 1. The molecule has 0 amide bonds. The summed E-state index contributed by atoms with van der Waals surface area (Å²) in [6, 6.07) is 53.0. The zero-order valence-corrected chi connectivity index (χ0v) is 34.3. The Morgan fingerprint density at radius 1 is 0.491 bits per heavy atom. The summed E-state index contributed by atoms with van der Waals surface area (Å²) in [5, 5.41) is 11.4. The molecule has 2 aromatic heterocycles. The van der Waals surface area contributed by atoms with Gasteiger partial charge in [0.1, 0.15) is 11.6 Å². The molecule has 0 aliphatic rings. The lowest BCUT2D eigenvalue weighted by molar-refractivity contribution is 0.225. The number of benzene rings is 6. The molecule has 4 heteroatoms. The van der Waals surface area contributed by atoms with Crippen molar-refractivity contribution in [2.45, 2.75) is 66.2 Å². The molecule has 57 heavy (non-hydrogen) atoms. The smallest absolute Gasteiger partial charge is 0.149 e. The number of fused-ring (bicyclic) bond motifs is 1. The first kappa shape index (κ1) is 37.7. The fourth-order valence-corrected chi connectivity index (χ4v) is 7.58. The van der Waals surface area contributed by atoms with Crippen molar-refractivity contribution in [3.63, 3.8) is 0 Å². The molecule has 0 saturated carbocycles. The molecule has 4 nitrogen and oxygen atoms in total. The van der Waals surface area contributed by atoms with Gasteiger partial charge in [0, 0.05) is 22.9 Å². The van der Waals surface area contributed by atoms with Gasteiger partial charge < -0.3 is 5.11 Å². The fraction of sp³-hybridized carbons (Fsp3) is 0.208. The predicted molar refractivity (Wildman–Crippen MR) is 239 cm³/mol. The van der Waals surface area contributed by atoms with Gasteiger partial charge in [0.25, 0.3) is 0 Å². The van der Waals surface area contributed by atoms with E-state index in [0.29, 0.717) is 11.4 Å². The summed E-state index contributed by atoms with van der Waals surface area (Å²) in [4.78, 5) is 10.4. The minimum absolute atomic E-state index is 0.0267. The second-order valence-corrected chi connectivity index (χ2v) is 17.8. The van der Waals surface area contributed by atoms with Crippen LogP contribution in [0.4, 0.5) is 0 Å². The van der Waals surface area contributed by atoms with Gasteiger partial charge in [-0.1, -0.05) is 152 Å². The Balaban J connectivity index is 1.40. The lowest BCUT2D eigenvalue weighted by atomic mass is 9.65. The number of hydrogen-bond donors (Lipinski definition) is 1. The fourth-order valence-electron chi connectivity index (χ4n) is 7.58. The zero-order chi connectivity index (χ0) is 40.1. The summed E-state index contributed by atoms with van der Waals surface area (Å²) in [5.74, 6) is 0.865. The van der Waals surface area contributed by atoms with Crippen LogP contribution < -0.4 is 0 Å². The second kappa shape index (κ2) is 14.4. The van der Waals surface area contributed by atoms with Gasteiger partial charge >= 0.3 is 0 Å². The lowest BCUT2D eigenvalue weighted by Crippen LogP contribution is -2.34. The number of hydrogen-bond acceptors (Lipinski definition) is 3. The van der Waals surface area contributed by atoms with E-state index in [9.17, 15) is 5.11 Å². The first-order chi connectivity index (χ1) is 27.2. The van der Waals surface area contributed by atoms with Crippen molar-refractivity contribution in [2.75, 3.05) is 0 Å². The molecule has 2 heterocycles. The number of aromatic hydroxyl groups is 1. The molecular weight excluding hydrogens is 695 g/mol. The molecule has 8 aromatic rings. The Labute approximate surface area is 337 Å². The molecule has 0 fully saturated rings. The van der Waals surface area contributed by atoms with E-state index >= 15 is 0 Å². The third-order valence-corrected chi connectivity index (χ3v) is 12.0. The number of rotatable bonds is 7. The minimum atomic E-state index is -0.122. The van der Waals surface area contributed by atoms with Crippen molar-refractivity contribution in [2.24, 2.45) is 5.41 Å². The van der Waals surface area contributed by atoms with E-state index in [1.807, 2.05) is 30.5 Å². The maximum atomic E-state index is 11.4. The normalized spacial score (nSPS) is 12.3. The molecule has 0 radical (unpaired) electrons. The molecule has 0 spiro atoms. The van der Waals surface area contributed by atoms with Crippen LogP contribution in [0.2, 0.25) is 0 Å².